The molecule has 0 atom stereocenters. The van der Waals surface area contributed by atoms with Crippen LogP contribution in [0.2, 0.25) is 0 Å². The molecule has 0 spiro atoms. The molecule has 4 heterocycles. The molecule has 3 aromatic rings. The summed E-state index contributed by atoms with van der Waals surface area (Å²) in [7, 11) is 0. The van der Waals surface area contributed by atoms with E-state index >= 15 is 0 Å². The Morgan fingerprint density at radius 3 is 3.13 bits per heavy atom. The number of amides is 1. The van der Waals surface area contributed by atoms with Crippen LogP contribution in [0.5, 0.6) is 0 Å². The molecule has 0 saturated heterocycles. The number of hydrogen-bond donors (Lipinski definition) is 0. The van der Waals surface area contributed by atoms with Crippen molar-refractivity contribution in [3.8, 4) is 11.5 Å². The molecule has 4 rings (SSSR count). The van der Waals surface area contributed by atoms with Crippen LogP contribution in [0.1, 0.15) is 22.8 Å². The zero-order valence-electron chi connectivity index (χ0n) is 12.4. The number of aryl methyl sites for hydroxylation is 1. The molecule has 0 aliphatic carbocycles. The lowest BCUT2D eigenvalue weighted by Crippen LogP contribution is -2.35. The van der Waals surface area contributed by atoms with Crippen molar-refractivity contribution in [2.24, 2.45) is 0 Å². The summed E-state index contributed by atoms with van der Waals surface area (Å²) in [6, 6.07) is 4.06. The second-order valence-electron chi connectivity index (χ2n) is 5.45. The first kappa shape index (κ1) is 14.6. The third-order valence-electron chi connectivity index (χ3n) is 3.95. The summed E-state index contributed by atoms with van der Waals surface area (Å²) in [5.74, 6) is 1.19. The highest BCUT2D eigenvalue weighted by Gasteiger charge is 2.21. The van der Waals surface area contributed by atoms with E-state index in [1.807, 2.05) is 21.7 Å². The van der Waals surface area contributed by atoms with Crippen LogP contribution < -0.4 is 0 Å². The number of rotatable bonds is 4. The molecule has 0 saturated carbocycles. The lowest BCUT2D eigenvalue weighted by atomic mass is 10.1. The van der Waals surface area contributed by atoms with E-state index in [-0.39, 0.29) is 5.91 Å². The fraction of sp³-hybridized carbons (Fsp3) is 0.312. The van der Waals surface area contributed by atoms with Gasteiger partial charge < -0.3 is 9.32 Å². The molecular weight excluding hydrogens is 330 g/mol. The van der Waals surface area contributed by atoms with E-state index in [0.29, 0.717) is 24.6 Å². The lowest BCUT2D eigenvalue weighted by Gasteiger charge is -2.26. The molecule has 1 amide bonds. The van der Waals surface area contributed by atoms with Crippen LogP contribution in [0.25, 0.3) is 11.5 Å². The summed E-state index contributed by atoms with van der Waals surface area (Å²) in [4.78, 5) is 15.7. The van der Waals surface area contributed by atoms with Crippen LogP contribution in [0.3, 0.4) is 0 Å². The molecular formula is C16H15N3O2S2. The van der Waals surface area contributed by atoms with Crippen LogP contribution in [0.4, 0.5) is 0 Å². The summed E-state index contributed by atoms with van der Waals surface area (Å²) in [5, 5.41) is 14.1. The number of carbonyl (C=O) groups excluding carboxylic acids is 1. The SMILES string of the molecule is O=C(CCc1nnc(-c2ccsc2)o1)N1CCc2sccc2C1. The molecule has 7 heteroatoms. The molecule has 0 fully saturated rings. The fourth-order valence-electron chi connectivity index (χ4n) is 2.69. The highest BCUT2D eigenvalue weighted by Crippen LogP contribution is 2.25. The van der Waals surface area contributed by atoms with Gasteiger partial charge in [-0.3, -0.25) is 4.79 Å². The molecule has 0 bridgehead atoms. The Morgan fingerprint density at radius 2 is 2.26 bits per heavy atom. The monoisotopic (exact) mass is 345 g/mol. The van der Waals surface area contributed by atoms with E-state index in [9.17, 15) is 4.79 Å². The van der Waals surface area contributed by atoms with Crippen LogP contribution >= 0.6 is 22.7 Å². The Bertz CT molecular complexity index is 807. The van der Waals surface area contributed by atoms with Crippen molar-refractivity contribution >= 4 is 28.6 Å². The smallest absolute Gasteiger partial charge is 0.248 e. The number of fused-ring (bicyclic) bond motifs is 1. The van der Waals surface area contributed by atoms with Gasteiger partial charge >= 0.3 is 0 Å². The summed E-state index contributed by atoms with van der Waals surface area (Å²) < 4.78 is 5.62. The summed E-state index contributed by atoms with van der Waals surface area (Å²) in [5.41, 5.74) is 2.22. The van der Waals surface area contributed by atoms with Gasteiger partial charge in [0.15, 0.2) is 0 Å². The predicted molar refractivity (Wildman–Crippen MR) is 89.4 cm³/mol. The maximum Gasteiger partial charge on any atom is 0.248 e. The Morgan fingerprint density at radius 1 is 1.30 bits per heavy atom. The number of nitrogens with zero attached hydrogens (tertiary/aromatic N) is 3. The van der Waals surface area contributed by atoms with Crippen LogP contribution in [0.15, 0.2) is 32.7 Å². The summed E-state index contributed by atoms with van der Waals surface area (Å²) in [6.45, 7) is 1.53. The maximum atomic E-state index is 12.4. The van der Waals surface area contributed by atoms with Crippen LogP contribution in [-0.4, -0.2) is 27.5 Å². The standard InChI is InChI=1S/C16H15N3O2S2/c20-15(19-6-3-13-11(9-19)5-8-23-13)2-1-14-17-18-16(21-14)12-4-7-22-10-12/h4-5,7-8,10H,1-3,6,9H2. The van der Waals surface area contributed by atoms with Crippen LogP contribution in [-0.2, 0) is 24.2 Å². The molecule has 0 aromatic carbocycles. The van der Waals surface area contributed by atoms with Crippen molar-refractivity contribution in [1.82, 2.24) is 15.1 Å². The van der Waals surface area contributed by atoms with Gasteiger partial charge in [-0.15, -0.1) is 21.5 Å². The zero-order valence-corrected chi connectivity index (χ0v) is 14.0. The van der Waals surface area contributed by atoms with E-state index < -0.39 is 0 Å². The van der Waals surface area contributed by atoms with Gasteiger partial charge in [-0.1, -0.05) is 0 Å². The van der Waals surface area contributed by atoms with E-state index in [4.69, 9.17) is 4.42 Å². The highest BCUT2D eigenvalue weighted by atomic mass is 32.1. The van der Waals surface area contributed by atoms with Gasteiger partial charge in [0.05, 0.1) is 0 Å². The average molecular weight is 345 g/mol. The second-order valence-corrected chi connectivity index (χ2v) is 7.23. The molecule has 5 nitrogen and oxygen atoms in total. The van der Waals surface area contributed by atoms with E-state index in [1.165, 1.54) is 10.4 Å². The molecule has 0 unspecified atom stereocenters. The molecule has 23 heavy (non-hydrogen) atoms. The van der Waals surface area contributed by atoms with Crippen molar-refractivity contribution in [3.63, 3.8) is 0 Å². The topological polar surface area (TPSA) is 59.2 Å². The third-order valence-corrected chi connectivity index (χ3v) is 5.65. The molecule has 0 N–H and O–H groups in total. The van der Waals surface area contributed by atoms with Gasteiger partial charge in [-0.05, 0) is 34.9 Å². The summed E-state index contributed by atoms with van der Waals surface area (Å²) in [6.07, 6.45) is 1.86. The van der Waals surface area contributed by atoms with E-state index in [2.05, 4.69) is 21.6 Å². The highest BCUT2D eigenvalue weighted by molar-refractivity contribution is 7.10. The fourth-order valence-corrected chi connectivity index (χ4v) is 4.21. The quantitative estimate of drug-likeness (QED) is 0.727. The van der Waals surface area contributed by atoms with E-state index in [1.54, 1.807) is 22.7 Å². The van der Waals surface area contributed by atoms with Gasteiger partial charge in [-0.2, -0.15) is 11.3 Å². The minimum absolute atomic E-state index is 0.150. The minimum Gasteiger partial charge on any atom is -0.421 e. The van der Waals surface area contributed by atoms with Gasteiger partial charge in [-0.25, -0.2) is 0 Å². The molecule has 118 valence electrons. The zero-order chi connectivity index (χ0) is 15.6. The first-order valence-electron chi connectivity index (χ1n) is 7.47. The maximum absolute atomic E-state index is 12.4. The van der Waals surface area contributed by atoms with Crippen molar-refractivity contribution < 1.29 is 9.21 Å². The van der Waals surface area contributed by atoms with Gasteiger partial charge in [0.1, 0.15) is 0 Å². The Balaban J connectivity index is 1.35. The Hall–Kier alpha value is -1.99. The molecule has 0 radical (unpaired) electrons. The van der Waals surface area contributed by atoms with Crippen molar-refractivity contribution in [1.29, 1.82) is 0 Å². The first-order valence-corrected chi connectivity index (χ1v) is 9.30. The molecule has 1 aliphatic heterocycles. The number of thiophene rings is 2. The van der Waals surface area contributed by atoms with Gasteiger partial charge in [0, 0.05) is 41.8 Å². The number of carbonyl (C=O) groups is 1. The number of aromatic nitrogens is 2. The van der Waals surface area contributed by atoms with Crippen molar-refractivity contribution in [2.45, 2.75) is 25.8 Å². The Labute approximate surface area is 141 Å². The van der Waals surface area contributed by atoms with Gasteiger partial charge in [0.2, 0.25) is 17.7 Å². The number of hydrogen-bond acceptors (Lipinski definition) is 6. The lowest BCUT2D eigenvalue weighted by molar-refractivity contribution is -0.132. The van der Waals surface area contributed by atoms with Crippen molar-refractivity contribution in [2.75, 3.05) is 6.54 Å². The Kier molecular flexibility index (Phi) is 3.97. The average Bonchev–Trinajstić information content (AvgIpc) is 3.32. The normalized spacial score (nSPS) is 14.0. The molecule has 3 aromatic heterocycles. The second kappa shape index (κ2) is 6.25. The largest absolute Gasteiger partial charge is 0.421 e. The van der Waals surface area contributed by atoms with Crippen molar-refractivity contribution in [3.05, 3.63) is 44.6 Å². The van der Waals surface area contributed by atoms with E-state index in [0.717, 1.165) is 25.1 Å². The third kappa shape index (κ3) is 3.07. The van der Waals surface area contributed by atoms with Gasteiger partial charge in [0.25, 0.3) is 0 Å². The summed E-state index contributed by atoms with van der Waals surface area (Å²) >= 11 is 3.37. The minimum atomic E-state index is 0.150. The van der Waals surface area contributed by atoms with Crippen LogP contribution in [0, 0.1) is 0 Å². The molecule has 1 aliphatic rings. The first-order chi connectivity index (χ1) is 11.3. The predicted octanol–water partition coefficient (Wildman–Crippen LogP) is 3.38.